The van der Waals surface area contributed by atoms with Crippen molar-refractivity contribution in [3.63, 3.8) is 0 Å². The molecule has 0 saturated carbocycles. The van der Waals surface area contributed by atoms with E-state index in [2.05, 4.69) is 70.2 Å². The summed E-state index contributed by atoms with van der Waals surface area (Å²) < 4.78 is 90.1. The molecule has 3 aromatic heterocycles. The van der Waals surface area contributed by atoms with Crippen LogP contribution in [0, 0.1) is 31.3 Å². The summed E-state index contributed by atoms with van der Waals surface area (Å²) in [6, 6.07) is 53.8. The van der Waals surface area contributed by atoms with Crippen LogP contribution in [0.25, 0.3) is 83.6 Å². The zero-order valence-electron chi connectivity index (χ0n) is 48.1. The van der Waals surface area contributed by atoms with Gasteiger partial charge >= 0.3 is 0 Å². The van der Waals surface area contributed by atoms with Gasteiger partial charge in [-0.1, -0.05) is 157 Å². The number of pyridine rings is 1. The van der Waals surface area contributed by atoms with Crippen LogP contribution in [0.15, 0.2) is 162 Å². The first-order chi connectivity index (χ1) is 35.1. The van der Waals surface area contributed by atoms with Crippen LogP contribution < -0.4 is 0 Å². The van der Waals surface area contributed by atoms with Crippen molar-refractivity contribution in [1.82, 2.24) is 14.5 Å². The minimum absolute atomic E-state index is 0. The smallest absolute Gasteiger partial charge is 0.120 e. The van der Waals surface area contributed by atoms with E-state index in [1.165, 1.54) is 12.3 Å². The van der Waals surface area contributed by atoms with Crippen molar-refractivity contribution in [3.05, 3.63) is 198 Å². The van der Waals surface area contributed by atoms with Gasteiger partial charge in [-0.25, -0.2) is 0 Å². The molecule has 0 bridgehead atoms. The SMILES string of the molecule is [2H]C([2H])([2H])c1c[c-]c(-c2ccc(C([2H])([2H])C(C)(C)C)cn2)cc1.[2H]C([2H])([2H])c1ccc2oc3c(-c4nc5ccccc5n4-c4c(C([2H])(C)C)cc(-c5ccc(-c6ccccc6)cc5)cc4C([2H])(C)C)[c-]ccc3c2c1.[Ir]. The summed E-state index contributed by atoms with van der Waals surface area (Å²) in [7, 11) is 0. The van der Waals surface area contributed by atoms with E-state index < -0.39 is 37.3 Å². The molecule has 0 amide bonds. The van der Waals surface area contributed by atoms with E-state index in [1.807, 2.05) is 103 Å². The molecule has 0 atom stereocenters. The molecule has 0 aliphatic heterocycles. The summed E-state index contributed by atoms with van der Waals surface area (Å²) in [6.07, 6.45) is 0.0411. The Morgan fingerprint density at radius 1 is 0.697 bits per heavy atom. The standard InChI is InChI=1S/C44H37N2O.C17H20N.Ir/c1-27(2)36-25-33(32-21-19-31(20-22-32)30-12-7-6-8-13-30)26-37(28(3)4)42(36)46-40-17-10-9-16-39(40)45-44(46)35-15-11-14-34-38-24-29(5)18-23-41(38)47-43(34)35;1-13-5-8-15(9-6-13)16-10-7-14(12-18-16)11-17(2,3)4;/h6-14,16-28H,1-5H3;5-8,10,12H,11H2,1-4H3;/q2*-1;/i5D3,27D,28D;1D3,11D2;. The maximum atomic E-state index is 9.51. The third-order valence-corrected chi connectivity index (χ3v) is 11.3. The van der Waals surface area contributed by atoms with Gasteiger partial charge in [0.25, 0.3) is 0 Å². The van der Waals surface area contributed by atoms with Crippen LogP contribution in [-0.2, 0) is 26.5 Å². The summed E-state index contributed by atoms with van der Waals surface area (Å²) in [6.45, 7) is 8.65. The van der Waals surface area contributed by atoms with Crippen LogP contribution in [-0.4, -0.2) is 14.5 Å². The molecule has 0 unspecified atom stereocenters. The molecule has 0 saturated heterocycles. The van der Waals surface area contributed by atoms with Crippen molar-refractivity contribution >= 4 is 33.0 Å². The third-order valence-electron chi connectivity index (χ3n) is 11.3. The minimum Gasteiger partial charge on any atom is -0.501 e. The maximum absolute atomic E-state index is 9.51. The van der Waals surface area contributed by atoms with E-state index in [1.54, 1.807) is 42.5 Å². The number of rotatable bonds is 8. The zero-order chi connectivity index (χ0) is 54.0. The predicted molar refractivity (Wildman–Crippen MR) is 273 cm³/mol. The van der Waals surface area contributed by atoms with Gasteiger partial charge in [-0.3, -0.25) is 4.98 Å². The second kappa shape index (κ2) is 19.2. The first-order valence-corrected chi connectivity index (χ1v) is 21.8. The number of nitrogens with zero attached hydrogens (tertiary/aromatic N) is 3. The average molecular weight is 1050 g/mol. The first-order valence-electron chi connectivity index (χ1n) is 26.8. The average Bonchev–Trinajstić information content (AvgIpc) is 3.94. The molecule has 0 aliphatic rings. The van der Waals surface area contributed by atoms with Crippen molar-refractivity contribution in [1.29, 1.82) is 0 Å². The summed E-state index contributed by atoms with van der Waals surface area (Å²) in [5.74, 6) is -1.59. The second-order valence-corrected chi connectivity index (χ2v) is 17.8. The Labute approximate surface area is 418 Å². The molecule has 1 radical (unpaired) electrons. The largest absolute Gasteiger partial charge is 0.501 e. The predicted octanol–water partition coefficient (Wildman–Crippen LogP) is 16.7. The first kappa shape index (κ1) is 34.9. The van der Waals surface area contributed by atoms with Gasteiger partial charge in [-0.05, 0) is 111 Å². The topological polar surface area (TPSA) is 43.9 Å². The summed E-state index contributed by atoms with van der Waals surface area (Å²) in [5.41, 5.74) is 11.4. The van der Waals surface area contributed by atoms with E-state index in [-0.39, 0.29) is 31.2 Å². The number of hydrogen-bond acceptors (Lipinski definition) is 3. The van der Waals surface area contributed by atoms with Crippen LogP contribution in [0.3, 0.4) is 0 Å². The fraction of sp³-hybridized carbons (Fsp3) is 0.213. The number of aryl methyl sites for hydroxylation is 2. The van der Waals surface area contributed by atoms with Crippen LogP contribution in [0.2, 0.25) is 0 Å². The van der Waals surface area contributed by atoms with Crippen molar-refractivity contribution < 1.29 is 38.2 Å². The number of fused-ring (bicyclic) bond motifs is 4. The van der Waals surface area contributed by atoms with Crippen molar-refractivity contribution in [2.75, 3.05) is 0 Å². The van der Waals surface area contributed by atoms with Crippen LogP contribution in [0.1, 0.15) is 102 Å². The molecule has 7 aromatic carbocycles. The molecule has 0 fully saturated rings. The van der Waals surface area contributed by atoms with Gasteiger partial charge < -0.3 is 14.0 Å². The van der Waals surface area contributed by atoms with Crippen LogP contribution >= 0.6 is 0 Å². The summed E-state index contributed by atoms with van der Waals surface area (Å²) in [5, 5.41) is 1.45. The number of furan rings is 1. The molecule has 5 heteroatoms. The molecule has 3 heterocycles. The number of benzene rings is 7. The maximum Gasteiger partial charge on any atom is 0.120 e. The molecule has 4 nitrogen and oxygen atoms in total. The number of aromatic nitrogens is 3. The van der Waals surface area contributed by atoms with Gasteiger partial charge in [0.2, 0.25) is 0 Å². The fourth-order valence-electron chi connectivity index (χ4n) is 8.26. The van der Waals surface area contributed by atoms with E-state index >= 15 is 0 Å². The van der Waals surface area contributed by atoms with Gasteiger partial charge in [-0.15, -0.1) is 53.6 Å². The Hall–Kier alpha value is -6.39. The van der Waals surface area contributed by atoms with Gasteiger partial charge in [0.15, 0.2) is 0 Å². The molecule has 0 spiro atoms. The van der Waals surface area contributed by atoms with Gasteiger partial charge in [0.1, 0.15) is 5.58 Å². The summed E-state index contributed by atoms with van der Waals surface area (Å²) in [4.78, 5) is 9.47. The van der Waals surface area contributed by atoms with Crippen LogP contribution in [0.5, 0.6) is 0 Å². The van der Waals surface area contributed by atoms with E-state index in [0.717, 1.165) is 55.5 Å². The molecular formula is C61H57IrN3O-2. The van der Waals surface area contributed by atoms with E-state index in [9.17, 15) is 2.74 Å². The number of imidazole rings is 1. The van der Waals surface area contributed by atoms with Gasteiger partial charge in [0, 0.05) is 51.1 Å². The number of para-hydroxylation sites is 2. The van der Waals surface area contributed by atoms with E-state index in [4.69, 9.17) is 20.4 Å². The zero-order valence-corrected chi connectivity index (χ0v) is 40.5. The monoisotopic (exact) mass is 1050 g/mol. The molecule has 0 aliphatic carbocycles. The molecule has 10 aromatic rings. The van der Waals surface area contributed by atoms with Crippen LogP contribution in [0.4, 0.5) is 0 Å². The van der Waals surface area contributed by atoms with Crippen molar-refractivity contribution in [2.24, 2.45) is 5.41 Å². The normalized spacial score (nSPS) is 14.8. The van der Waals surface area contributed by atoms with Gasteiger partial charge in [-0.2, -0.15) is 0 Å². The second-order valence-electron chi connectivity index (χ2n) is 17.8. The Balaban J connectivity index is 0.000000268. The minimum atomic E-state index is -2.26. The molecule has 10 rings (SSSR count). The molecule has 66 heavy (non-hydrogen) atoms. The van der Waals surface area contributed by atoms with Crippen molar-refractivity contribution in [2.45, 2.75) is 80.3 Å². The van der Waals surface area contributed by atoms with Crippen molar-refractivity contribution in [3.8, 4) is 50.6 Å². The third kappa shape index (κ3) is 9.61. The Bertz CT molecular complexity index is 3660. The number of hydrogen-bond donors (Lipinski definition) is 0. The fourth-order valence-corrected chi connectivity index (χ4v) is 8.26. The van der Waals surface area contributed by atoms with E-state index in [0.29, 0.717) is 44.8 Å². The molecular weight excluding hydrogens is 983 g/mol. The molecule has 333 valence electrons. The Morgan fingerprint density at radius 3 is 2.00 bits per heavy atom. The Kier molecular flexibility index (Phi) is 10.2. The summed E-state index contributed by atoms with van der Waals surface area (Å²) >= 11 is 0. The van der Waals surface area contributed by atoms with Gasteiger partial charge in [0.05, 0.1) is 22.4 Å². The molecule has 0 N–H and O–H groups in total. The quantitative estimate of drug-likeness (QED) is 0.142. The Morgan fingerprint density at radius 2 is 1.36 bits per heavy atom.